The van der Waals surface area contributed by atoms with Gasteiger partial charge in [0.15, 0.2) is 0 Å². The molecule has 17 heavy (non-hydrogen) atoms. The van der Waals surface area contributed by atoms with Gasteiger partial charge in [0.2, 0.25) is 11.2 Å². The molecule has 0 atom stereocenters. The zero-order chi connectivity index (χ0) is 11.5. The minimum absolute atomic E-state index is 0. The largest absolute Gasteiger partial charge is 1.00 e. The predicted molar refractivity (Wildman–Crippen MR) is 70.8 cm³/mol. The van der Waals surface area contributed by atoms with E-state index in [0.717, 1.165) is 10.7 Å². The van der Waals surface area contributed by atoms with E-state index in [-0.39, 0.29) is 24.0 Å². The Bertz CT molecular complexity index is 552. The van der Waals surface area contributed by atoms with Crippen molar-refractivity contribution >= 4 is 28.7 Å². The van der Waals surface area contributed by atoms with Gasteiger partial charge in [-0.25, -0.2) is 0 Å². The quantitative estimate of drug-likeness (QED) is 0.568. The van der Waals surface area contributed by atoms with E-state index in [1.54, 1.807) is 11.8 Å². The maximum absolute atomic E-state index is 5.83. The smallest absolute Gasteiger partial charge is 0.212 e. The number of nitrogens with zero attached hydrogens (tertiary/aromatic N) is 1. The Morgan fingerprint density at radius 1 is 1.24 bits per heavy atom. The summed E-state index contributed by atoms with van der Waals surface area (Å²) in [6.45, 7) is 0. The average molecular weight is 358 g/mol. The molecule has 2 nitrogen and oxygen atoms in total. The number of hydrogen-bond acceptors (Lipinski definition) is 2. The third-order valence-corrected chi connectivity index (χ3v) is 3.23. The van der Waals surface area contributed by atoms with Crippen molar-refractivity contribution in [2.24, 2.45) is 12.8 Å². The Morgan fingerprint density at radius 3 is 2.65 bits per heavy atom. The first-order valence-corrected chi connectivity index (χ1v) is 6.34. The summed E-state index contributed by atoms with van der Waals surface area (Å²) in [7, 11) is 2.06. The van der Waals surface area contributed by atoms with Gasteiger partial charge in [-0.3, -0.25) is 0 Å². The van der Waals surface area contributed by atoms with Crippen LogP contribution in [0.3, 0.4) is 0 Å². The highest BCUT2D eigenvalue weighted by Gasteiger charge is 2.08. The Hall–Kier alpha value is -0.750. The second-order valence-electron chi connectivity index (χ2n) is 3.63. The number of aryl methyl sites for hydroxylation is 1. The van der Waals surface area contributed by atoms with Crippen molar-refractivity contribution in [3.63, 3.8) is 0 Å². The van der Waals surface area contributed by atoms with Crippen molar-refractivity contribution in [2.75, 3.05) is 6.26 Å². The van der Waals surface area contributed by atoms with Crippen LogP contribution in [0, 0.1) is 0 Å². The lowest BCUT2D eigenvalue weighted by atomic mass is 10.2. The monoisotopic (exact) mass is 358 g/mol. The van der Waals surface area contributed by atoms with Gasteiger partial charge in [-0.1, -0.05) is 12.1 Å². The van der Waals surface area contributed by atoms with Crippen LogP contribution in [-0.4, -0.2) is 6.26 Å². The number of fused-ring (bicyclic) bond motifs is 1. The van der Waals surface area contributed by atoms with E-state index < -0.39 is 0 Å². The van der Waals surface area contributed by atoms with Crippen LogP contribution in [0.4, 0.5) is 0 Å². The van der Waals surface area contributed by atoms with Crippen LogP contribution in [0.15, 0.2) is 41.4 Å². The molecule has 0 aliphatic heterocycles. The maximum atomic E-state index is 5.83. The molecule has 0 aliphatic rings. The molecule has 2 N–H and O–H groups in total. The van der Waals surface area contributed by atoms with E-state index in [1.165, 1.54) is 10.9 Å². The molecule has 4 heteroatoms. The summed E-state index contributed by atoms with van der Waals surface area (Å²) in [5, 5.41) is 2.07. The second-order valence-corrected chi connectivity index (χ2v) is 4.51. The lowest BCUT2D eigenvalue weighted by Gasteiger charge is -2.00. The van der Waals surface area contributed by atoms with E-state index >= 15 is 0 Å². The van der Waals surface area contributed by atoms with Crippen molar-refractivity contribution in [1.29, 1.82) is 0 Å². The number of halogens is 1. The third-order valence-electron chi connectivity index (χ3n) is 2.64. The number of rotatable bonds is 2. The predicted octanol–water partition coefficient (Wildman–Crippen LogP) is -0.712. The Balaban J connectivity index is 0.00000144. The van der Waals surface area contributed by atoms with Crippen LogP contribution in [0.2, 0.25) is 0 Å². The number of benzene rings is 1. The first-order valence-electron chi connectivity index (χ1n) is 5.11. The summed E-state index contributed by atoms with van der Waals surface area (Å²) < 4.78 is 2.15. The molecule has 0 bridgehead atoms. The van der Waals surface area contributed by atoms with E-state index in [0.29, 0.717) is 0 Å². The highest BCUT2D eigenvalue weighted by molar-refractivity contribution is 8.02. The first-order chi connectivity index (χ1) is 7.72. The molecule has 1 aromatic carbocycles. The fourth-order valence-electron chi connectivity index (χ4n) is 1.71. The minimum Gasteiger partial charge on any atom is -1.00 e. The molecule has 2 rings (SSSR count). The van der Waals surface area contributed by atoms with Gasteiger partial charge in [-0.05, 0) is 18.4 Å². The zero-order valence-corrected chi connectivity index (χ0v) is 12.8. The maximum Gasteiger partial charge on any atom is 0.212 e. The first kappa shape index (κ1) is 14.3. The fraction of sp³-hybridized carbons (Fsp3) is 0.154. The van der Waals surface area contributed by atoms with E-state index in [2.05, 4.69) is 35.9 Å². The van der Waals surface area contributed by atoms with Gasteiger partial charge in [-0.15, -0.1) is 11.8 Å². The Labute approximate surface area is 123 Å². The van der Waals surface area contributed by atoms with E-state index in [9.17, 15) is 0 Å². The molecule has 2 aromatic rings. The molecule has 0 saturated heterocycles. The summed E-state index contributed by atoms with van der Waals surface area (Å²) in [5.74, 6) is 0. The fourth-order valence-corrected chi connectivity index (χ4v) is 1.95. The molecular formula is C13H15IN2S. The van der Waals surface area contributed by atoms with Gasteiger partial charge < -0.3 is 29.7 Å². The van der Waals surface area contributed by atoms with E-state index in [4.69, 9.17) is 5.73 Å². The SMILES string of the molecule is CSC(N)=Cc1ccc2ccccc2[n+]1C.[I-]. The number of para-hydroxylation sites is 1. The van der Waals surface area contributed by atoms with Crippen LogP contribution in [-0.2, 0) is 7.05 Å². The van der Waals surface area contributed by atoms with Gasteiger partial charge in [0.1, 0.15) is 7.05 Å². The van der Waals surface area contributed by atoms with Crippen LogP contribution in [0.5, 0.6) is 0 Å². The average Bonchev–Trinajstić information content (AvgIpc) is 2.33. The molecule has 0 fully saturated rings. The number of aromatic nitrogens is 1. The highest BCUT2D eigenvalue weighted by atomic mass is 127. The van der Waals surface area contributed by atoms with Crippen molar-refractivity contribution in [3.8, 4) is 0 Å². The molecule has 0 amide bonds. The van der Waals surface area contributed by atoms with Gasteiger partial charge in [0.05, 0.1) is 5.03 Å². The summed E-state index contributed by atoms with van der Waals surface area (Å²) in [6, 6.07) is 12.5. The van der Waals surface area contributed by atoms with Crippen LogP contribution >= 0.6 is 11.8 Å². The van der Waals surface area contributed by atoms with Crippen molar-refractivity contribution in [3.05, 3.63) is 47.1 Å². The molecule has 0 spiro atoms. The van der Waals surface area contributed by atoms with Crippen LogP contribution < -0.4 is 34.3 Å². The normalized spacial score (nSPS) is 11.3. The topological polar surface area (TPSA) is 29.9 Å². The summed E-state index contributed by atoms with van der Waals surface area (Å²) in [6.07, 6.45) is 3.98. The third kappa shape index (κ3) is 3.13. The molecule has 1 heterocycles. The summed E-state index contributed by atoms with van der Waals surface area (Å²) in [4.78, 5) is 0. The highest BCUT2D eigenvalue weighted by Crippen LogP contribution is 2.13. The molecule has 0 radical (unpaired) electrons. The minimum atomic E-state index is 0. The van der Waals surface area contributed by atoms with Gasteiger partial charge >= 0.3 is 0 Å². The standard InChI is InChI=1S/C13H14N2S.HI/c1-15-11(9-13(14)16-2)8-7-10-5-3-4-6-12(10)15;/h3-9,14H,1-2H3;1H. The summed E-state index contributed by atoms with van der Waals surface area (Å²) in [5.41, 5.74) is 8.16. The van der Waals surface area contributed by atoms with Crippen molar-refractivity contribution in [1.82, 2.24) is 0 Å². The number of hydrogen-bond donors (Lipinski definition) is 1. The van der Waals surface area contributed by atoms with E-state index in [1.807, 2.05) is 24.5 Å². The van der Waals surface area contributed by atoms with Gasteiger partial charge in [0.25, 0.3) is 0 Å². The molecular weight excluding hydrogens is 343 g/mol. The Morgan fingerprint density at radius 2 is 1.94 bits per heavy atom. The van der Waals surface area contributed by atoms with Crippen LogP contribution in [0.25, 0.3) is 17.0 Å². The summed E-state index contributed by atoms with van der Waals surface area (Å²) >= 11 is 1.56. The van der Waals surface area contributed by atoms with Gasteiger partial charge in [-0.2, -0.15) is 4.57 Å². The lowest BCUT2D eigenvalue weighted by molar-refractivity contribution is -0.646. The zero-order valence-electron chi connectivity index (χ0n) is 9.85. The second kappa shape index (κ2) is 6.26. The van der Waals surface area contributed by atoms with Crippen molar-refractivity contribution in [2.45, 2.75) is 0 Å². The number of thioether (sulfide) groups is 1. The molecule has 0 unspecified atom stereocenters. The van der Waals surface area contributed by atoms with Crippen molar-refractivity contribution < 1.29 is 28.5 Å². The lowest BCUT2D eigenvalue weighted by Crippen LogP contribution is -3.00. The Kier molecular flexibility index (Phi) is 5.27. The number of nitrogens with two attached hydrogens (primary N) is 1. The van der Waals surface area contributed by atoms with Gasteiger partial charge in [0, 0.05) is 23.6 Å². The molecule has 90 valence electrons. The molecule has 1 aromatic heterocycles. The molecule has 0 saturated carbocycles. The molecule has 0 aliphatic carbocycles. The van der Waals surface area contributed by atoms with Crippen LogP contribution in [0.1, 0.15) is 5.69 Å². The number of pyridine rings is 1.